The Bertz CT molecular complexity index is 239. The first-order chi connectivity index (χ1) is 5.79. The van der Waals surface area contributed by atoms with Crippen molar-refractivity contribution in [2.45, 2.75) is 32.6 Å². The van der Waals surface area contributed by atoms with Crippen LogP contribution in [0, 0.1) is 0 Å². The molecule has 0 bridgehead atoms. The highest BCUT2D eigenvalue weighted by atomic mass is 28.1. The van der Waals surface area contributed by atoms with E-state index in [-0.39, 0.29) is 0 Å². The van der Waals surface area contributed by atoms with Gasteiger partial charge in [0.25, 0.3) is 0 Å². The van der Waals surface area contributed by atoms with E-state index in [9.17, 15) is 0 Å². The Morgan fingerprint density at radius 1 is 1.17 bits per heavy atom. The molecule has 0 heterocycles. The molecule has 0 spiro atoms. The van der Waals surface area contributed by atoms with Gasteiger partial charge in [-0.15, -0.1) is 0 Å². The van der Waals surface area contributed by atoms with Crippen LogP contribution in [0.4, 0.5) is 0 Å². The van der Waals surface area contributed by atoms with Gasteiger partial charge >= 0.3 is 0 Å². The number of benzene rings is 1. The van der Waals surface area contributed by atoms with Crippen molar-refractivity contribution >= 4 is 15.4 Å². The number of hydrogen-bond acceptors (Lipinski definition) is 0. The average Bonchev–Trinajstić information content (AvgIpc) is 2.10. The summed E-state index contributed by atoms with van der Waals surface area (Å²) in [5.41, 5.74) is 1.59. The van der Waals surface area contributed by atoms with Gasteiger partial charge in [0.05, 0.1) is 0 Å². The first-order valence-corrected chi connectivity index (χ1v) is 5.85. The Labute approximate surface area is 78.4 Å². The summed E-state index contributed by atoms with van der Waals surface area (Å²) in [6.07, 6.45) is 2.55. The molecular weight excluding hydrogens is 160 g/mol. The maximum Gasteiger partial charge on any atom is 0.0388 e. The van der Waals surface area contributed by atoms with Gasteiger partial charge in [-0.25, -0.2) is 0 Å². The minimum Gasteiger partial charge on any atom is -0.0674 e. The van der Waals surface area contributed by atoms with Crippen LogP contribution < -0.4 is 5.19 Å². The first-order valence-electron chi connectivity index (χ1n) is 4.85. The summed E-state index contributed by atoms with van der Waals surface area (Å²) in [4.78, 5) is 0. The lowest BCUT2D eigenvalue weighted by atomic mass is 9.94. The molecular formula is C11H18Si. The number of rotatable bonds is 3. The molecule has 1 aromatic carbocycles. The Kier molecular flexibility index (Phi) is 3.54. The Hall–Kier alpha value is -0.563. The maximum atomic E-state index is 2.29. The van der Waals surface area contributed by atoms with Gasteiger partial charge in [0.2, 0.25) is 0 Å². The molecule has 66 valence electrons. The fraction of sp³-hybridized carbons (Fsp3) is 0.455. The average molecular weight is 178 g/mol. The second-order valence-corrected chi connectivity index (χ2v) is 4.45. The maximum absolute atomic E-state index is 2.29. The third kappa shape index (κ3) is 1.98. The SMILES string of the molecule is CCC(CC)c1ccccc1[SiH3]. The van der Waals surface area contributed by atoms with Crippen LogP contribution in [0.25, 0.3) is 0 Å². The summed E-state index contributed by atoms with van der Waals surface area (Å²) in [7, 11) is 1.18. The Morgan fingerprint density at radius 3 is 2.25 bits per heavy atom. The summed E-state index contributed by atoms with van der Waals surface area (Å²) in [5.74, 6) is 0.790. The lowest BCUT2D eigenvalue weighted by Crippen LogP contribution is -2.13. The van der Waals surface area contributed by atoms with E-state index in [2.05, 4.69) is 38.1 Å². The van der Waals surface area contributed by atoms with Gasteiger partial charge in [0, 0.05) is 10.2 Å². The van der Waals surface area contributed by atoms with Crippen molar-refractivity contribution in [3.8, 4) is 0 Å². The predicted molar refractivity (Wildman–Crippen MR) is 59.3 cm³/mol. The van der Waals surface area contributed by atoms with E-state index in [4.69, 9.17) is 0 Å². The van der Waals surface area contributed by atoms with Gasteiger partial charge in [0.15, 0.2) is 0 Å². The van der Waals surface area contributed by atoms with Gasteiger partial charge in [-0.2, -0.15) is 0 Å². The molecule has 0 aliphatic rings. The van der Waals surface area contributed by atoms with Gasteiger partial charge in [0.1, 0.15) is 0 Å². The molecule has 0 N–H and O–H groups in total. The quantitative estimate of drug-likeness (QED) is 0.617. The van der Waals surface area contributed by atoms with Crippen LogP contribution >= 0.6 is 0 Å². The van der Waals surface area contributed by atoms with Gasteiger partial charge in [-0.1, -0.05) is 43.3 Å². The molecule has 1 aromatic rings. The van der Waals surface area contributed by atoms with E-state index in [0.717, 1.165) is 5.92 Å². The molecule has 0 saturated carbocycles. The fourth-order valence-corrected chi connectivity index (χ4v) is 2.54. The van der Waals surface area contributed by atoms with Crippen molar-refractivity contribution in [2.24, 2.45) is 0 Å². The molecule has 0 atom stereocenters. The van der Waals surface area contributed by atoms with Crippen molar-refractivity contribution < 1.29 is 0 Å². The molecule has 0 unspecified atom stereocenters. The highest BCUT2D eigenvalue weighted by molar-refractivity contribution is 6.33. The minimum absolute atomic E-state index is 0.790. The smallest absolute Gasteiger partial charge is 0.0388 e. The van der Waals surface area contributed by atoms with Crippen LogP contribution in [0.1, 0.15) is 38.2 Å². The molecule has 1 rings (SSSR count). The van der Waals surface area contributed by atoms with Crippen LogP contribution in [0.15, 0.2) is 24.3 Å². The Balaban J connectivity index is 2.92. The monoisotopic (exact) mass is 178 g/mol. The van der Waals surface area contributed by atoms with Crippen molar-refractivity contribution in [1.82, 2.24) is 0 Å². The van der Waals surface area contributed by atoms with Crippen molar-refractivity contribution in [3.63, 3.8) is 0 Å². The topological polar surface area (TPSA) is 0 Å². The molecule has 0 amide bonds. The largest absolute Gasteiger partial charge is 0.0674 e. The van der Waals surface area contributed by atoms with Gasteiger partial charge < -0.3 is 0 Å². The molecule has 0 nitrogen and oxygen atoms in total. The van der Waals surface area contributed by atoms with E-state index in [1.165, 1.54) is 23.1 Å². The molecule has 0 fully saturated rings. The van der Waals surface area contributed by atoms with Crippen LogP contribution in [0.3, 0.4) is 0 Å². The molecule has 0 radical (unpaired) electrons. The zero-order chi connectivity index (χ0) is 8.97. The molecule has 0 saturated heterocycles. The van der Waals surface area contributed by atoms with Gasteiger partial charge in [-0.3, -0.25) is 0 Å². The minimum atomic E-state index is 0.790. The third-order valence-electron chi connectivity index (χ3n) is 2.61. The summed E-state index contributed by atoms with van der Waals surface area (Å²) in [6, 6.07) is 8.86. The van der Waals surface area contributed by atoms with E-state index >= 15 is 0 Å². The number of hydrogen-bond donors (Lipinski definition) is 0. The van der Waals surface area contributed by atoms with Crippen LogP contribution in [-0.4, -0.2) is 10.2 Å². The van der Waals surface area contributed by atoms with E-state index in [1.807, 2.05) is 0 Å². The summed E-state index contributed by atoms with van der Waals surface area (Å²) >= 11 is 0. The lowest BCUT2D eigenvalue weighted by Gasteiger charge is -2.15. The van der Waals surface area contributed by atoms with Gasteiger partial charge in [-0.05, 0) is 24.3 Å². The van der Waals surface area contributed by atoms with E-state index < -0.39 is 0 Å². The van der Waals surface area contributed by atoms with E-state index in [0.29, 0.717) is 0 Å². The lowest BCUT2D eigenvalue weighted by molar-refractivity contribution is 0.645. The molecule has 0 aliphatic carbocycles. The van der Waals surface area contributed by atoms with Crippen LogP contribution in [-0.2, 0) is 0 Å². The van der Waals surface area contributed by atoms with Crippen LogP contribution in [0.5, 0.6) is 0 Å². The second-order valence-electron chi connectivity index (χ2n) is 3.37. The van der Waals surface area contributed by atoms with Crippen molar-refractivity contribution in [1.29, 1.82) is 0 Å². The molecule has 0 aliphatic heterocycles. The molecule has 0 aromatic heterocycles. The third-order valence-corrected chi connectivity index (χ3v) is 3.52. The zero-order valence-corrected chi connectivity index (χ0v) is 10.3. The Morgan fingerprint density at radius 2 is 1.75 bits per heavy atom. The van der Waals surface area contributed by atoms with Crippen LogP contribution in [0.2, 0.25) is 0 Å². The molecule has 1 heteroatoms. The molecule has 12 heavy (non-hydrogen) atoms. The summed E-state index contributed by atoms with van der Waals surface area (Å²) < 4.78 is 0. The summed E-state index contributed by atoms with van der Waals surface area (Å²) in [6.45, 7) is 4.56. The normalized spacial score (nSPS) is 10.9. The predicted octanol–water partition coefficient (Wildman–Crippen LogP) is 1.58. The highest BCUT2D eigenvalue weighted by Gasteiger charge is 2.07. The van der Waals surface area contributed by atoms with Crippen molar-refractivity contribution in [3.05, 3.63) is 29.8 Å². The zero-order valence-electron chi connectivity index (χ0n) is 8.30. The fourth-order valence-electron chi connectivity index (χ4n) is 1.77. The highest BCUT2D eigenvalue weighted by Crippen LogP contribution is 2.20. The second kappa shape index (κ2) is 4.46. The summed E-state index contributed by atoms with van der Waals surface area (Å²) in [5, 5.41) is 1.58. The first kappa shape index (κ1) is 9.52. The van der Waals surface area contributed by atoms with Crippen molar-refractivity contribution in [2.75, 3.05) is 0 Å². The standard InChI is InChI=1S/C11H18Si/c1-3-9(4-2)10-7-5-6-8-11(10)12/h5-9H,3-4H2,1-2,12H3. The van der Waals surface area contributed by atoms with E-state index in [1.54, 1.807) is 10.8 Å².